The standard InChI is InChI=1S/C13H25NO2/c1-6-8-11(15)16-14-12(2,3)9-7-10-13(14,4)5/h6-10H2,1-5H3. The summed E-state index contributed by atoms with van der Waals surface area (Å²) in [7, 11) is 0. The summed E-state index contributed by atoms with van der Waals surface area (Å²) in [6.45, 7) is 10.6. The minimum absolute atomic E-state index is 0.0504. The van der Waals surface area contributed by atoms with E-state index in [2.05, 4.69) is 27.7 Å². The van der Waals surface area contributed by atoms with Crippen LogP contribution in [0, 0.1) is 0 Å². The first-order valence-electron chi connectivity index (χ1n) is 6.31. The van der Waals surface area contributed by atoms with Crippen LogP contribution in [0.25, 0.3) is 0 Å². The van der Waals surface area contributed by atoms with Gasteiger partial charge in [0.1, 0.15) is 0 Å². The highest BCUT2D eigenvalue weighted by Crippen LogP contribution is 2.38. The fraction of sp³-hybridized carbons (Fsp3) is 0.923. The van der Waals surface area contributed by atoms with Crippen molar-refractivity contribution in [1.29, 1.82) is 0 Å². The van der Waals surface area contributed by atoms with Gasteiger partial charge in [-0.3, -0.25) is 4.79 Å². The normalized spacial score (nSPS) is 24.1. The van der Waals surface area contributed by atoms with Gasteiger partial charge in [-0.1, -0.05) is 6.92 Å². The predicted octanol–water partition coefficient (Wildman–Crippen LogP) is 3.29. The number of carbonyl (C=O) groups is 1. The van der Waals surface area contributed by atoms with Gasteiger partial charge in [0.25, 0.3) is 0 Å². The number of hydrogen-bond donors (Lipinski definition) is 0. The Morgan fingerprint density at radius 1 is 1.19 bits per heavy atom. The highest BCUT2D eigenvalue weighted by atomic mass is 16.7. The summed E-state index contributed by atoms with van der Waals surface area (Å²) in [6, 6.07) is 0. The molecule has 16 heavy (non-hydrogen) atoms. The van der Waals surface area contributed by atoms with Crippen molar-refractivity contribution in [1.82, 2.24) is 5.06 Å². The monoisotopic (exact) mass is 227 g/mol. The summed E-state index contributed by atoms with van der Waals surface area (Å²) in [5.41, 5.74) is -0.101. The van der Waals surface area contributed by atoms with Crippen LogP contribution in [0.2, 0.25) is 0 Å². The van der Waals surface area contributed by atoms with E-state index in [0.29, 0.717) is 6.42 Å². The molecule has 0 bridgehead atoms. The topological polar surface area (TPSA) is 29.5 Å². The molecule has 0 radical (unpaired) electrons. The minimum atomic E-state index is -0.106. The van der Waals surface area contributed by atoms with Crippen molar-refractivity contribution in [2.75, 3.05) is 0 Å². The third-order valence-corrected chi connectivity index (χ3v) is 3.32. The van der Waals surface area contributed by atoms with Crippen molar-refractivity contribution in [3.8, 4) is 0 Å². The van der Waals surface area contributed by atoms with Crippen LogP contribution in [0.5, 0.6) is 0 Å². The van der Waals surface area contributed by atoms with Crippen LogP contribution >= 0.6 is 0 Å². The second kappa shape index (κ2) is 4.74. The molecule has 0 amide bonds. The molecule has 0 aromatic heterocycles. The molecule has 3 nitrogen and oxygen atoms in total. The first kappa shape index (κ1) is 13.5. The average Bonchev–Trinajstić information content (AvgIpc) is 2.11. The lowest BCUT2D eigenvalue weighted by molar-refractivity contribution is -0.265. The molecule has 0 saturated carbocycles. The third kappa shape index (κ3) is 2.97. The molecule has 0 N–H and O–H groups in total. The van der Waals surface area contributed by atoms with Crippen molar-refractivity contribution < 1.29 is 9.63 Å². The number of hydroxylamine groups is 2. The van der Waals surface area contributed by atoms with Crippen molar-refractivity contribution in [2.24, 2.45) is 0 Å². The molecule has 1 aliphatic heterocycles. The summed E-state index contributed by atoms with van der Waals surface area (Å²) in [5, 5.41) is 1.92. The Morgan fingerprint density at radius 2 is 1.69 bits per heavy atom. The van der Waals surface area contributed by atoms with Crippen LogP contribution in [0.4, 0.5) is 0 Å². The molecule has 0 aliphatic carbocycles. The van der Waals surface area contributed by atoms with Gasteiger partial charge in [0.15, 0.2) is 0 Å². The summed E-state index contributed by atoms with van der Waals surface area (Å²) in [4.78, 5) is 17.2. The smallest absolute Gasteiger partial charge is 0.325 e. The van der Waals surface area contributed by atoms with Crippen molar-refractivity contribution in [2.45, 2.75) is 77.8 Å². The van der Waals surface area contributed by atoms with Crippen LogP contribution < -0.4 is 0 Å². The summed E-state index contributed by atoms with van der Waals surface area (Å²) in [5.74, 6) is -0.106. The van der Waals surface area contributed by atoms with E-state index in [1.54, 1.807) is 0 Å². The van der Waals surface area contributed by atoms with E-state index in [9.17, 15) is 4.79 Å². The number of carbonyl (C=O) groups excluding carboxylic acids is 1. The SMILES string of the molecule is CCCC(=O)ON1C(C)(C)CCCC1(C)C. The molecule has 0 aromatic rings. The molecule has 0 atom stereocenters. The highest BCUT2D eigenvalue weighted by Gasteiger charge is 2.44. The number of hydrogen-bond acceptors (Lipinski definition) is 3. The van der Waals surface area contributed by atoms with Gasteiger partial charge in [-0.25, -0.2) is 0 Å². The highest BCUT2D eigenvalue weighted by molar-refractivity contribution is 5.69. The van der Waals surface area contributed by atoms with Crippen LogP contribution in [0.3, 0.4) is 0 Å². The van der Waals surface area contributed by atoms with Crippen LogP contribution in [0.15, 0.2) is 0 Å². The molecule has 1 heterocycles. The molecular weight excluding hydrogens is 202 g/mol. The Kier molecular flexibility index (Phi) is 4.00. The van der Waals surface area contributed by atoms with E-state index >= 15 is 0 Å². The Labute approximate surface area is 99.1 Å². The zero-order valence-electron chi connectivity index (χ0n) is 11.3. The van der Waals surface area contributed by atoms with Gasteiger partial charge in [-0.2, -0.15) is 0 Å². The van der Waals surface area contributed by atoms with E-state index in [-0.39, 0.29) is 17.0 Å². The number of nitrogens with zero attached hydrogens (tertiary/aromatic N) is 1. The van der Waals surface area contributed by atoms with Crippen LogP contribution in [0.1, 0.15) is 66.7 Å². The molecule has 1 saturated heterocycles. The maximum Gasteiger partial charge on any atom is 0.325 e. The fourth-order valence-corrected chi connectivity index (χ4v) is 2.57. The van der Waals surface area contributed by atoms with E-state index in [1.807, 2.05) is 12.0 Å². The van der Waals surface area contributed by atoms with Crippen molar-refractivity contribution in [3.63, 3.8) is 0 Å². The molecule has 0 aromatic carbocycles. The van der Waals surface area contributed by atoms with E-state index in [4.69, 9.17) is 4.84 Å². The maximum atomic E-state index is 11.6. The Bertz CT molecular complexity index is 243. The lowest BCUT2D eigenvalue weighted by Gasteiger charge is -2.50. The van der Waals surface area contributed by atoms with Gasteiger partial charge >= 0.3 is 5.97 Å². The molecule has 1 fully saturated rings. The van der Waals surface area contributed by atoms with Gasteiger partial charge in [0, 0.05) is 6.42 Å². The second-order valence-electron chi connectivity index (χ2n) is 5.99. The molecule has 1 rings (SSSR count). The summed E-state index contributed by atoms with van der Waals surface area (Å²) >= 11 is 0. The summed E-state index contributed by atoms with van der Waals surface area (Å²) in [6.07, 6.45) is 4.70. The average molecular weight is 227 g/mol. The molecule has 94 valence electrons. The molecular formula is C13H25NO2. The van der Waals surface area contributed by atoms with Crippen LogP contribution in [-0.2, 0) is 9.63 Å². The zero-order chi connectivity index (χ0) is 12.4. The summed E-state index contributed by atoms with van der Waals surface area (Å²) < 4.78 is 0. The third-order valence-electron chi connectivity index (χ3n) is 3.32. The maximum absolute atomic E-state index is 11.6. The van der Waals surface area contributed by atoms with E-state index in [0.717, 1.165) is 19.3 Å². The fourth-order valence-electron chi connectivity index (χ4n) is 2.57. The van der Waals surface area contributed by atoms with Crippen molar-refractivity contribution >= 4 is 5.97 Å². The van der Waals surface area contributed by atoms with Gasteiger partial charge in [-0.05, 0) is 53.4 Å². The largest absolute Gasteiger partial charge is 0.367 e. The lowest BCUT2D eigenvalue weighted by Crippen LogP contribution is -2.58. The van der Waals surface area contributed by atoms with Gasteiger partial charge < -0.3 is 4.84 Å². The van der Waals surface area contributed by atoms with Crippen molar-refractivity contribution in [3.05, 3.63) is 0 Å². The predicted molar refractivity (Wildman–Crippen MR) is 64.8 cm³/mol. The first-order chi connectivity index (χ1) is 7.29. The minimum Gasteiger partial charge on any atom is -0.367 e. The van der Waals surface area contributed by atoms with Gasteiger partial charge in [-0.15, -0.1) is 5.06 Å². The lowest BCUT2D eigenvalue weighted by atomic mass is 9.82. The van der Waals surface area contributed by atoms with E-state index < -0.39 is 0 Å². The van der Waals surface area contributed by atoms with E-state index in [1.165, 1.54) is 6.42 Å². The quantitative estimate of drug-likeness (QED) is 0.741. The van der Waals surface area contributed by atoms with Crippen LogP contribution in [-0.4, -0.2) is 22.1 Å². The first-order valence-corrected chi connectivity index (χ1v) is 6.31. The Balaban J connectivity index is 2.75. The van der Waals surface area contributed by atoms with Gasteiger partial charge in [0.05, 0.1) is 11.1 Å². The number of piperidine rings is 1. The molecule has 1 aliphatic rings. The second-order valence-corrected chi connectivity index (χ2v) is 5.99. The molecule has 3 heteroatoms. The van der Waals surface area contributed by atoms with Gasteiger partial charge in [0.2, 0.25) is 0 Å². The zero-order valence-corrected chi connectivity index (χ0v) is 11.3. The molecule has 0 spiro atoms. The Hall–Kier alpha value is -0.570. The molecule has 0 unspecified atom stereocenters. The Morgan fingerprint density at radius 3 is 2.12 bits per heavy atom. The number of rotatable bonds is 3.